The molecule has 3 aromatic rings. The van der Waals surface area contributed by atoms with Crippen LogP contribution in [0.5, 0.6) is 0 Å². The van der Waals surface area contributed by atoms with E-state index in [0.29, 0.717) is 5.56 Å². The number of carbonyl (C=O) groups excluding carboxylic acids is 1. The lowest BCUT2D eigenvalue weighted by Gasteiger charge is -2.10. The topological polar surface area (TPSA) is 42.0 Å². The van der Waals surface area contributed by atoms with Crippen molar-refractivity contribution in [1.82, 2.24) is 4.98 Å². The number of hydrogen-bond donors (Lipinski definition) is 1. The molecule has 0 bridgehead atoms. The third kappa shape index (κ3) is 3.24. The highest BCUT2D eigenvalue weighted by Crippen LogP contribution is 2.27. The molecule has 24 heavy (non-hydrogen) atoms. The van der Waals surface area contributed by atoms with Gasteiger partial charge in [-0.05, 0) is 57.0 Å². The fraction of sp³-hybridized carbons (Fsp3) is 0.200. The Morgan fingerprint density at radius 3 is 2.33 bits per heavy atom. The van der Waals surface area contributed by atoms with Gasteiger partial charge in [0.1, 0.15) is 0 Å². The van der Waals surface area contributed by atoms with E-state index < -0.39 is 0 Å². The normalized spacial score (nSPS) is 10.7. The number of rotatable bonds is 3. The van der Waals surface area contributed by atoms with Gasteiger partial charge < -0.3 is 5.32 Å². The van der Waals surface area contributed by atoms with Crippen molar-refractivity contribution < 1.29 is 4.79 Å². The van der Waals surface area contributed by atoms with Gasteiger partial charge in [-0.2, -0.15) is 0 Å². The van der Waals surface area contributed by atoms with E-state index in [1.807, 2.05) is 63.2 Å². The number of anilines is 1. The van der Waals surface area contributed by atoms with Gasteiger partial charge in [-0.1, -0.05) is 24.3 Å². The molecule has 0 aliphatic rings. The maximum Gasteiger partial charge on any atom is 0.255 e. The van der Waals surface area contributed by atoms with Crippen LogP contribution in [0.3, 0.4) is 0 Å². The van der Waals surface area contributed by atoms with Crippen molar-refractivity contribution in [2.24, 2.45) is 0 Å². The van der Waals surface area contributed by atoms with Crippen LogP contribution in [0.4, 0.5) is 5.69 Å². The summed E-state index contributed by atoms with van der Waals surface area (Å²) < 4.78 is 0. The predicted octanol–water partition coefficient (Wildman–Crippen LogP) is 5.30. The van der Waals surface area contributed by atoms with Crippen molar-refractivity contribution >= 4 is 22.9 Å². The molecule has 0 fully saturated rings. The van der Waals surface area contributed by atoms with Crippen LogP contribution in [-0.2, 0) is 0 Å². The number of benzene rings is 2. The maximum atomic E-state index is 12.5. The Labute approximate surface area is 146 Å². The molecule has 3 rings (SSSR count). The second-order valence-electron chi connectivity index (χ2n) is 5.92. The van der Waals surface area contributed by atoms with Gasteiger partial charge in [0.2, 0.25) is 0 Å². The highest BCUT2D eigenvalue weighted by molar-refractivity contribution is 7.11. The zero-order chi connectivity index (χ0) is 17.3. The summed E-state index contributed by atoms with van der Waals surface area (Å²) in [6.07, 6.45) is 0. The third-order valence-electron chi connectivity index (χ3n) is 4.18. The van der Waals surface area contributed by atoms with Crippen molar-refractivity contribution in [3.8, 4) is 11.3 Å². The average molecular weight is 336 g/mol. The van der Waals surface area contributed by atoms with Crippen molar-refractivity contribution in [3.63, 3.8) is 0 Å². The summed E-state index contributed by atoms with van der Waals surface area (Å²) in [5.41, 5.74) is 5.80. The smallest absolute Gasteiger partial charge is 0.255 e. The summed E-state index contributed by atoms with van der Waals surface area (Å²) in [6.45, 7) is 8.13. The first-order chi connectivity index (χ1) is 11.5. The zero-order valence-electron chi connectivity index (χ0n) is 14.3. The zero-order valence-corrected chi connectivity index (χ0v) is 15.1. The van der Waals surface area contributed by atoms with E-state index in [2.05, 4.69) is 17.2 Å². The van der Waals surface area contributed by atoms with E-state index in [1.165, 1.54) is 4.88 Å². The summed E-state index contributed by atoms with van der Waals surface area (Å²) in [4.78, 5) is 18.2. The van der Waals surface area contributed by atoms with E-state index in [4.69, 9.17) is 0 Å². The highest BCUT2D eigenvalue weighted by atomic mass is 32.1. The lowest BCUT2D eigenvalue weighted by molar-refractivity contribution is 0.102. The number of amides is 1. The number of thiazole rings is 1. The minimum absolute atomic E-state index is 0.0959. The van der Waals surface area contributed by atoms with Crippen LogP contribution in [0.15, 0.2) is 42.5 Å². The number of aromatic nitrogens is 1. The van der Waals surface area contributed by atoms with Gasteiger partial charge in [0.15, 0.2) is 0 Å². The van der Waals surface area contributed by atoms with E-state index in [1.54, 1.807) is 11.3 Å². The number of carbonyl (C=O) groups is 1. The molecule has 0 saturated carbocycles. The second-order valence-corrected chi connectivity index (χ2v) is 7.32. The minimum Gasteiger partial charge on any atom is -0.322 e. The molecule has 3 nitrogen and oxygen atoms in total. The third-order valence-corrected chi connectivity index (χ3v) is 5.06. The first-order valence-corrected chi connectivity index (χ1v) is 8.69. The van der Waals surface area contributed by atoms with Crippen LogP contribution in [0.2, 0.25) is 0 Å². The van der Waals surface area contributed by atoms with Crippen LogP contribution in [0.25, 0.3) is 11.3 Å². The van der Waals surface area contributed by atoms with Crippen molar-refractivity contribution in [2.75, 3.05) is 5.32 Å². The van der Waals surface area contributed by atoms with Crippen LogP contribution in [0, 0.1) is 27.7 Å². The van der Waals surface area contributed by atoms with Gasteiger partial charge >= 0.3 is 0 Å². The lowest BCUT2D eigenvalue weighted by atomic mass is 10.1. The molecule has 122 valence electrons. The van der Waals surface area contributed by atoms with Gasteiger partial charge in [-0.15, -0.1) is 11.3 Å². The molecule has 0 saturated heterocycles. The van der Waals surface area contributed by atoms with Crippen molar-refractivity contribution in [3.05, 3.63) is 69.0 Å². The Bertz CT molecular complexity index is 895. The largest absolute Gasteiger partial charge is 0.322 e. The van der Waals surface area contributed by atoms with Crippen molar-refractivity contribution in [1.29, 1.82) is 0 Å². The van der Waals surface area contributed by atoms with E-state index in [0.717, 1.165) is 33.1 Å². The molecule has 0 spiro atoms. The standard InChI is InChI=1S/C20H20N2OS/c1-12-6-5-7-18(13(12)2)22-20(23)17-10-8-16(9-11-17)19-14(3)24-15(4)21-19/h5-11H,1-4H3,(H,22,23). The summed E-state index contributed by atoms with van der Waals surface area (Å²) in [7, 11) is 0. The highest BCUT2D eigenvalue weighted by Gasteiger charge is 2.11. The van der Waals surface area contributed by atoms with Gasteiger partial charge in [0.05, 0.1) is 10.7 Å². The Balaban J connectivity index is 1.81. The molecule has 0 atom stereocenters. The quantitative estimate of drug-likeness (QED) is 0.705. The summed E-state index contributed by atoms with van der Waals surface area (Å²) in [5.74, 6) is -0.0959. The molecule has 1 aromatic heterocycles. The Kier molecular flexibility index (Phi) is 4.49. The van der Waals surface area contributed by atoms with Gasteiger partial charge in [0, 0.05) is 21.7 Å². The van der Waals surface area contributed by atoms with Crippen LogP contribution < -0.4 is 5.32 Å². The number of nitrogens with one attached hydrogen (secondary N) is 1. The number of aryl methyl sites for hydroxylation is 3. The fourth-order valence-electron chi connectivity index (χ4n) is 2.66. The predicted molar refractivity (Wildman–Crippen MR) is 101 cm³/mol. The fourth-order valence-corrected chi connectivity index (χ4v) is 3.50. The summed E-state index contributed by atoms with van der Waals surface area (Å²) in [6, 6.07) is 13.5. The second kappa shape index (κ2) is 6.57. The molecule has 0 aliphatic heterocycles. The molecule has 1 amide bonds. The molecule has 0 unspecified atom stereocenters. The number of nitrogens with zero attached hydrogens (tertiary/aromatic N) is 1. The van der Waals surface area contributed by atoms with Gasteiger partial charge in [-0.3, -0.25) is 4.79 Å². The molecule has 4 heteroatoms. The molecule has 2 aromatic carbocycles. The molecule has 1 heterocycles. The Morgan fingerprint density at radius 1 is 1.00 bits per heavy atom. The molecule has 1 N–H and O–H groups in total. The molecule has 0 radical (unpaired) electrons. The van der Waals surface area contributed by atoms with E-state index >= 15 is 0 Å². The Morgan fingerprint density at radius 2 is 1.71 bits per heavy atom. The molecular weight excluding hydrogens is 316 g/mol. The van der Waals surface area contributed by atoms with Gasteiger partial charge in [0.25, 0.3) is 5.91 Å². The van der Waals surface area contributed by atoms with E-state index in [9.17, 15) is 4.79 Å². The first kappa shape index (κ1) is 16.4. The van der Waals surface area contributed by atoms with Crippen LogP contribution in [0.1, 0.15) is 31.4 Å². The van der Waals surface area contributed by atoms with Crippen molar-refractivity contribution in [2.45, 2.75) is 27.7 Å². The maximum absolute atomic E-state index is 12.5. The van der Waals surface area contributed by atoms with Crippen LogP contribution in [-0.4, -0.2) is 10.9 Å². The minimum atomic E-state index is -0.0959. The average Bonchev–Trinajstić information content (AvgIpc) is 2.90. The monoisotopic (exact) mass is 336 g/mol. The Hall–Kier alpha value is -2.46. The first-order valence-electron chi connectivity index (χ1n) is 7.87. The molecular formula is C20H20N2OS. The molecule has 0 aliphatic carbocycles. The number of hydrogen-bond acceptors (Lipinski definition) is 3. The SMILES string of the molecule is Cc1nc(-c2ccc(C(=O)Nc3cccc(C)c3C)cc2)c(C)s1. The van der Waals surface area contributed by atoms with Gasteiger partial charge in [-0.25, -0.2) is 4.98 Å². The summed E-state index contributed by atoms with van der Waals surface area (Å²) >= 11 is 1.69. The lowest BCUT2D eigenvalue weighted by Crippen LogP contribution is -2.12. The summed E-state index contributed by atoms with van der Waals surface area (Å²) in [5, 5.41) is 4.04. The van der Waals surface area contributed by atoms with Crippen LogP contribution >= 0.6 is 11.3 Å². The van der Waals surface area contributed by atoms with E-state index in [-0.39, 0.29) is 5.91 Å².